The molecule has 2 rings (SSSR count). The summed E-state index contributed by atoms with van der Waals surface area (Å²) in [6.45, 7) is 0. The van der Waals surface area contributed by atoms with Gasteiger partial charge >= 0.3 is 0 Å². The predicted octanol–water partition coefficient (Wildman–Crippen LogP) is 1.84. The SMILES string of the molecule is Cl.O=S(=O)(O)c1cccc2[nH]ccc12. The van der Waals surface area contributed by atoms with E-state index in [0.29, 0.717) is 10.9 Å². The highest BCUT2D eigenvalue weighted by Gasteiger charge is 2.13. The first-order valence-corrected chi connectivity index (χ1v) is 5.06. The third-order valence-electron chi connectivity index (χ3n) is 1.83. The van der Waals surface area contributed by atoms with Crippen molar-refractivity contribution in [3.63, 3.8) is 0 Å². The molecule has 0 saturated carbocycles. The highest BCUT2D eigenvalue weighted by atomic mass is 35.5. The number of fused-ring (bicyclic) bond motifs is 1. The lowest BCUT2D eigenvalue weighted by atomic mass is 10.2. The van der Waals surface area contributed by atoms with Crippen LogP contribution in [0.1, 0.15) is 0 Å². The third kappa shape index (κ3) is 1.75. The van der Waals surface area contributed by atoms with E-state index in [-0.39, 0.29) is 17.3 Å². The second-order valence-electron chi connectivity index (χ2n) is 2.67. The number of hydrogen-bond acceptors (Lipinski definition) is 2. The molecule has 14 heavy (non-hydrogen) atoms. The minimum Gasteiger partial charge on any atom is -0.361 e. The fourth-order valence-corrected chi connectivity index (χ4v) is 1.99. The molecule has 0 aliphatic carbocycles. The summed E-state index contributed by atoms with van der Waals surface area (Å²) in [6.07, 6.45) is 1.62. The van der Waals surface area contributed by atoms with Crippen molar-refractivity contribution in [3.05, 3.63) is 30.5 Å². The molecule has 0 amide bonds. The number of nitrogens with one attached hydrogen (secondary N) is 1. The molecule has 1 aromatic carbocycles. The summed E-state index contributed by atoms with van der Waals surface area (Å²) in [5, 5.41) is 0.505. The summed E-state index contributed by atoms with van der Waals surface area (Å²) in [7, 11) is -4.12. The Balaban J connectivity index is 0.000000980. The number of H-pyrrole nitrogens is 1. The van der Waals surface area contributed by atoms with Crippen molar-refractivity contribution in [3.8, 4) is 0 Å². The van der Waals surface area contributed by atoms with Crippen LogP contribution in [-0.2, 0) is 10.1 Å². The first kappa shape index (κ1) is 11.0. The molecule has 1 aromatic heterocycles. The van der Waals surface area contributed by atoms with Gasteiger partial charge in [0.05, 0.1) is 0 Å². The van der Waals surface area contributed by atoms with Crippen LogP contribution in [0.25, 0.3) is 10.9 Å². The van der Waals surface area contributed by atoms with Crippen molar-refractivity contribution < 1.29 is 13.0 Å². The van der Waals surface area contributed by atoms with Gasteiger partial charge in [-0.2, -0.15) is 8.42 Å². The van der Waals surface area contributed by atoms with E-state index in [4.69, 9.17) is 4.55 Å². The summed E-state index contributed by atoms with van der Waals surface area (Å²) in [6, 6.07) is 6.29. The molecule has 2 N–H and O–H groups in total. The van der Waals surface area contributed by atoms with Crippen LogP contribution in [0.2, 0.25) is 0 Å². The molecule has 0 radical (unpaired) electrons. The minimum absolute atomic E-state index is 0. The van der Waals surface area contributed by atoms with Crippen LogP contribution in [0.15, 0.2) is 35.4 Å². The maximum Gasteiger partial charge on any atom is 0.295 e. The summed E-state index contributed by atoms with van der Waals surface area (Å²) in [5.41, 5.74) is 0.690. The standard InChI is InChI=1S/C8H7NO3S.ClH/c10-13(11,12)8-3-1-2-7-6(8)4-5-9-7;/h1-5,9H,(H,10,11,12);1H. The van der Waals surface area contributed by atoms with Gasteiger partial charge in [0.25, 0.3) is 10.1 Å². The maximum atomic E-state index is 10.9. The van der Waals surface area contributed by atoms with E-state index in [1.807, 2.05) is 0 Å². The van der Waals surface area contributed by atoms with Gasteiger partial charge in [-0.1, -0.05) is 6.07 Å². The second-order valence-corrected chi connectivity index (χ2v) is 4.06. The summed E-state index contributed by atoms with van der Waals surface area (Å²) < 4.78 is 30.6. The molecule has 0 aliphatic rings. The molecule has 0 spiro atoms. The van der Waals surface area contributed by atoms with Crippen LogP contribution >= 0.6 is 12.4 Å². The lowest BCUT2D eigenvalue weighted by Gasteiger charge is -1.97. The highest BCUT2D eigenvalue weighted by Crippen LogP contribution is 2.21. The highest BCUT2D eigenvalue weighted by molar-refractivity contribution is 7.86. The van der Waals surface area contributed by atoms with E-state index in [1.165, 1.54) is 6.07 Å². The van der Waals surface area contributed by atoms with Crippen molar-refractivity contribution in [1.29, 1.82) is 0 Å². The van der Waals surface area contributed by atoms with Crippen LogP contribution in [0.5, 0.6) is 0 Å². The summed E-state index contributed by atoms with van der Waals surface area (Å²) in [4.78, 5) is 2.79. The lowest BCUT2D eigenvalue weighted by Crippen LogP contribution is -1.97. The molecule has 6 heteroatoms. The smallest absolute Gasteiger partial charge is 0.295 e. The van der Waals surface area contributed by atoms with Crippen molar-refractivity contribution in [1.82, 2.24) is 4.98 Å². The molecule has 1 heterocycles. The number of halogens is 1. The molecule has 2 aromatic rings. The molecule has 0 atom stereocenters. The van der Waals surface area contributed by atoms with E-state index in [0.717, 1.165) is 0 Å². The Morgan fingerprint density at radius 1 is 1.21 bits per heavy atom. The van der Waals surface area contributed by atoms with Crippen LogP contribution in [0.4, 0.5) is 0 Å². The largest absolute Gasteiger partial charge is 0.361 e. The van der Waals surface area contributed by atoms with Crippen LogP contribution in [-0.4, -0.2) is 18.0 Å². The Morgan fingerprint density at radius 2 is 1.93 bits per heavy atom. The van der Waals surface area contributed by atoms with Crippen LogP contribution in [0, 0.1) is 0 Å². The molecule has 0 aliphatic heterocycles. The van der Waals surface area contributed by atoms with Crippen molar-refractivity contribution >= 4 is 33.4 Å². The van der Waals surface area contributed by atoms with Gasteiger partial charge in [-0.15, -0.1) is 12.4 Å². The average molecular weight is 234 g/mol. The summed E-state index contributed by atoms with van der Waals surface area (Å²) in [5.74, 6) is 0. The van der Waals surface area contributed by atoms with Crippen LogP contribution < -0.4 is 0 Å². The zero-order valence-corrected chi connectivity index (χ0v) is 8.60. The van der Waals surface area contributed by atoms with Gasteiger partial charge in [0, 0.05) is 17.1 Å². The van der Waals surface area contributed by atoms with E-state index in [1.54, 1.807) is 24.4 Å². The molecular formula is C8H8ClNO3S. The maximum absolute atomic E-state index is 10.9. The third-order valence-corrected chi connectivity index (χ3v) is 2.74. The quantitative estimate of drug-likeness (QED) is 0.739. The van der Waals surface area contributed by atoms with Gasteiger partial charge in [-0.25, -0.2) is 0 Å². The Labute approximate surface area is 87.1 Å². The zero-order valence-electron chi connectivity index (χ0n) is 6.97. The number of hydrogen-bond donors (Lipinski definition) is 2. The first-order chi connectivity index (χ1) is 6.09. The molecule has 0 saturated heterocycles. The zero-order chi connectivity index (χ0) is 9.47. The summed E-state index contributed by atoms with van der Waals surface area (Å²) >= 11 is 0. The predicted molar refractivity (Wildman–Crippen MR) is 55.4 cm³/mol. The second kappa shape index (κ2) is 3.61. The number of benzene rings is 1. The van der Waals surface area contributed by atoms with Gasteiger partial charge in [-0.3, -0.25) is 4.55 Å². The van der Waals surface area contributed by atoms with Gasteiger partial charge in [-0.05, 0) is 18.2 Å². The van der Waals surface area contributed by atoms with Gasteiger partial charge in [0.15, 0.2) is 0 Å². The van der Waals surface area contributed by atoms with Crippen molar-refractivity contribution in [2.45, 2.75) is 4.90 Å². The first-order valence-electron chi connectivity index (χ1n) is 3.62. The van der Waals surface area contributed by atoms with E-state index < -0.39 is 10.1 Å². The fourth-order valence-electron chi connectivity index (χ4n) is 1.28. The minimum atomic E-state index is -4.12. The molecule has 4 nitrogen and oxygen atoms in total. The Morgan fingerprint density at radius 3 is 2.57 bits per heavy atom. The average Bonchev–Trinajstić information content (AvgIpc) is 2.48. The Hall–Kier alpha value is -1.04. The fraction of sp³-hybridized carbons (Fsp3) is 0. The molecule has 0 fully saturated rings. The van der Waals surface area contributed by atoms with Gasteiger partial charge < -0.3 is 4.98 Å². The molecule has 0 bridgehead atoms. The molecule has 76 valence electrons. The number of aromatic nitrogens is 1. The topological polar surface area (TPSA) is 70.2 Å². The van der Waals surface area contributed by atoms with Crippen molar-refractivity contribution in [2.24, 2.45) is 0 Å². The Bertz CT molecular complexity index is 546. The number of rotatable bonds is 1. The number of aromatic amines is 1. The lowest BCUT2D eigenvalue weighted by molar-refractivity contribution is 0.484. The molecule has 0 unspecified atom stereocenters. The molecular weight excluding hydrogens is 226 g/mol. The van der Waals surface area contributed by atoms with E-state index in [2.05, 4.69) is 4.98 Å². The van der Waals surface area contributed by atoms with Gasteiger partial charge in [0.2, 0.25) is 0 Å². The van der Waals surface area contributed by atoms with Crippen LogP contribution in [0.3, 0.4) is 0 Å². The van der Waals surface area contributed by atoms with E-state index in [9.17, 15) is 8.42 Å². The van der Waals surface area contributed by atoms with Crippen molar-refractivity contribution in [2.75, 3.05) is 0 Å². The van der Waals surface area contributed by atoms with Gasteiger partial charge in [0.1, 0.15) is 4.90 Å². The monoisotopic (exact) mass is 233 g/mol. The normalized spacial score (nSPS) is 11.2. The Kier molecular flexibility index (Phi) is 2.84. The van der Waals surface area contributed by atoms with E-state index >= 15 is 0 Å².